The molecule has 1 aromatic carbocycles. The van der Waals surface area contributed by atoms with Crippen molar-refractivity contribution in [3.8, 4) is 5.69 Å². The summed E-state index contributed by atoms with van der Waals surface area (Å²) < 4.78 is 29.6. The number of hydrogen-bond donors (Lipinski definition) is 1. The van der Waals surface area contributed by atoms with E-state index in [9.17, 15) is 8.78 Å². The molecule has 5 heteroatoms. The van der Waals surface area contributed by atoms with Gasteiger partial charge in [-0.2, -0.15) is 0 Å². The summed E-state index contributed by atoms with van der Waals surface area (Å²) in [5, 5.41) is 3.74. The van der Waals surface area contributed by atoms with Gasteiger partial charge in [0.05, 0.1) is 0 Å². The monoisotopic (exact) mass is 343 g/mol. The van der Waals surface area contributed by atoms with Gasteiger partial charge in [-0.15, -0.1) is 0 Å². The molecule has 0 atom stereocenters. The van der Waals surface area contributed by atoms with Crippen molar-refractivity contribution >= 4 is 11.0 Å². The number of fused-ring (bicyclic) bond motifs is 1. The van der Waals surface area contributed by atoms with Gasteiger partial charge in [0.2, 0.25) is 5.92 Å². The van der Waals surface area contributed by atoms with Gasteiger partial charge in [0, 0.05) is 42.9 Å². The number of nitrogens with zero attached hydrogens (tertiary/aromatic N) is 2. The highest BCUT2D eigenvalue weighted by atomic mass is 19.3. The van der Waals surface area contributed by atoms with E-state index in [-0.39, 0.29) is 12.8 Å². The van der Waals surface area contributed by atoms with Crippen LogP contribution in [-0.4, -0.2) is 29.1 Å². The van der Waals surface area contributed by atoms with Gasteiger partial charge in [0.15, 0.2) is 0 Å². The zero-order valence-electron chi connectivity index (χ0n) is 14.6. The predicted octanol–water partition coefficient (Wildman–Crippen LogP) is 4.51. The Hall–Kier alpha value is -2.27. The number of benzene rings is 1. The Bertz CT molecular complexity index is 855. The summed E-state index contributed by atoms with van der Waals surface area (Å²) in [6, 6.07) is 12.1. The molecule has 0 aliphatic heterocycles. The zero-order chi connectivity index (χ0) is 17.9. The number of aryl methyl sites for hydroxylation is 2. The number of nitrogens with one attached hydrogen (secondary N) is 1. The Morgan fingerprint density at radius 3 is 2.76 bits per heavy atom. The Balaban J connectivity index is 1.78. The van der Waals surface area contributed by atoms with Crippen LogP contribution in [0.3, 0.4) is 0 Å². The summed E-state index contributed by atoms with van der Waals surface area (Å²) in [6.45, 7) is 2.37. The molecule has 0 saturated carbocycles. The number of rotatable bonds is 7. The molecule has 0 fully saturated rings. The molecule has 0 saturated heterocycles. The van der Waals surface area contributed by atoms with Crippen molar-refractivity contribution in [2.45, 2.75) is 32.1 Å². The third-order valence-electron chi connectivity index (χ3n) is 4.38. The summed E-state index contributed by atoms with van der Waals surface area (Å²) in [5.74, 6) is -2.65. The number of pyridine rings is 1. The minimum absolute atomic E-state index is 0.136. The largest absolute Gasteiger partial charge is 0.320 e. The van der Waals surface area contributed by atoms with Crippen molar-refractivity contribution in [1.29, 1.82) is 0 Å². The fourth-order valence-electron chi connectivity index (χ4n) is 2.95. The molecule has 0 aliphatic rings. The average molecular weight is 343 g/mol. The molecule has 132 valence electrons. The van der Waals surface area contributed by atoms with E-state index in [4.69, 9.17) is 0 Å². The maximum atomic E-state index is 13.8. The van der Waals surface area contributed by atoms with E-state index >= 15 is 0 Å². The maximum Gasteiger partial charge on any atom is 0.249 e. The summed E-state index contributed by atoms with van der Waals surface area (Å²) in [6.07, 6.45) is 3.72. The van der Waals surface area contributed by atoms with Crippen molar-refractivity contribution < 1.29 is 8.78 Å². The number of aromatic nitrogens is 2. The lowest BCUT2D eigenvalue weighted by Crippen LogP contribution is -2.23. The van der Waals surface area contributed by atoms with Gasteiger partial charge in [-0.25, -0.2) is 13.8 Å². The Morgan fingerprint density at radius 1 is 1.16 bits per heavy atom. The molecule has 3 rings (SSSR count). The first-order valence-electron chi connectivity index (χ1n) is 8.54. The second-order valence-electron chi connectivity index (χ2n) is 6.49. The molecule has 2 aromatic heterocycles. The third kappa shape index (κ3) is 4.23. The fraction of sp³-hybridized carbons (Fsp3) is 0.350. The van der Waals surface area contributed by atoms with Crippen LogP contribution in [-0.2, 0) is 6.42 Å². The highest BCUT2D eigenvalue weighted by Crippen LogP contribution is 2.26. The number of hydrogen-bond acceptors (Lipinski definition) is 2. The fourth-order valence-corrected chi connectivity index (χ4v) is 2.95. The normalized spacial score (nSPS) is 12.0. The van der Waals surface area contributed by atoms with E-state index in [1.165, 1.54) is 5.56 Å². The van der Waals surface area contributed by atoms with Crippen molar-refractivity contribution in [3.63, 3.8) is 0 Å². The molecule has 0 bridgehead atoms. The van der Waals surface area contributed by atoms with Gasteiger partial charge in [-0.3, -0.25) is 0 Å². The number of halogens is 2. The van der Waals surface area contributed by atoms with Crippen molar-refractivity contribution in [2.75, 3.05) is 13.6 Å². The first-order chi connectivity index (χ1) is 12.0. The summed E-state index contributed by atoms with van der Waals surface area (Å²) in [4.78, 5) is 4.52. The van der Waals surface area contributed by atoms with Gasteiger partial charge in [-0.1, -0.05) is 12.1 Å². The Kier molecular flexibility index (Phi) is 5.13. The van der Waals surface area contributed by atoms with Gasteiger partial charge in [-0.05, 0) is 55.8 Å². The van der Waals surface area contributed by atoms with Crippen LogP contribution < -0.4 is 5.32 Å². The average Bonchev–Trinajstić information content (AvgIpc) is 3.01. The molecule has 0 amide bonds. The molecule has 1 N–H and O–H groups in total. The first-order valence-corrected chi connectivity index (χ1v) is 8.54. The predicted molar refractivity (Wildman–Crippen MR) is 97.6 cm³/mol. The van der Waals surface area contributed by atoms with E-state index in [0.29, 0.717) is 13.0 Å². The van der Waals surface area contributed by atoms with E-state index in [0.717, 1.165) is 22.3 Å². The van der Waals surface area contributed by atoms with Gasteiger partial charge in [0.1, 0.15) is 5.65 Å². The summed E-state index contributed by atoms with van der Waals surface area (Å²) in [5.41, 5.74) is 3.92. The maximum absolute atomic E-state index is 13.8. The lowest BCUT2D eigenvalue weighted by molar-refractivity contribution is -0.0148. The minimum Gasteiger partial charge on any atom is -0.320 e. The first kappa shape index (κ1) is 17.5. The molecular weight excluding hydrogens is 320 g/mol. The van der Waals surface area contributed by atoms with E-state index < -0.39 is 5.92 Å². The molecule has 25 heavy (non-hydrogen) atoms. The van der Waals surface area contributed by atoms with Gasteiger partial charge >= 0.3 is 0 Å². The van der Waals surface area contributed by atoms with E-state index in [1.807, 2.05) is 35.0 Å². The van der Waals surface area contributed by atoms with Crippen LogP contribution in [0.15, 0.2) is 48.8 Å². The van der Waals surface area contributed by atoms with Crippen LogP contribution in [0.5, 0.6) is 0 Å². The van der Waals surface area contributed by atoms with Gasteiger partial charge < -0.3 is 9.88 Å². The Labute approximate surface area is 146 Å². The molecular formula is C20H23F2N3. The van der Waals surface area contributed by atoms with E-state index in [1.54, 1.807) is 13.2 Å². The van der Waals surface area contributed by atoms with E-state index in [2.05, 4.69) is 29.4 Å². The minimum atomic E-state index is -2.65. The second kappa shape index (κ2) is 7.31. The SMILES string of the molecule is CNCCC(F)(F)CCc1cnc2c(ccn2-c2cccc(C)c2)c1. The van der Waals surface area contributed by atoms with Crippen molar-refractivity contribution in [3.05, 3.63) is 59.9 Å². The van der Waals surface area contributed by atoms with Crippen LogP contribution in [0.2, 0.25) is 0 Å². The lowest BCUT2D eigenvalue weighted by Gasteiger charge is -2.15. The molecule has 3 aromatic rings. The summed E-state index contributed by atoms with van der Waals surface area (Å²) >= 11 is 0. The molecule has 2 heterocycles. The van der Waals surface area contributed by atoms with Crippen LogP contribution in [0.1, 0.15) is 24.0 Å². The van der Waals surface area contributed by atoms with Gasteiger partial charge in [0.25, 0.3) is 0 Å². The van der Waals surface area contributed by atoms with Crippen molar-refractivity contribution in [1.82, 2.24) is 14.9 Å². The van der Waals surface area contributed by atoms with Crippen LogP contribution in [0.25, 0.3) is 16.7 Å². The second-order valence-corrected chi connectivity index (χ2v) is 6.49. The zero-order valence-corrected chi connectivity index (χ0v) is 14.6. The summed E-state index contributed by atoms with van der Waals surface area (Å²) in [7, 11) is 1.69. The van der Waals surface area contributed by atoms with Crippen LogP contribution in [0.4, 0.5) is 8.78 Å². The topological polar surface area (TPSA) is 29.9 Å². The smallest absolute Gasteiger partial charge is 0.249 e. The number of alkyl halides is 2. The highest BCUT2D eigenvalue weighted by molar-refractivity contribution is 5.78. The van der Waals surface area contributed by atoms with Crippen LogP contribution in [0, 0.1) is 6.92 Å². The molecule has 3 nitrogen and oxygen atoms in total. The Morgan fingerprint density at radius 2 is 2.00 bits per heavy atom. The van der Waals surface area contributed by atoms with Crippen LogP contribution >= 0.6 is 0 Å². The highest BCUT2D eigenvalue weighted by Gasteiger charge is 2.27. The quantitative estimate of drug-likeness (QED) is 0.684. The molecule has 0 unspecified atom stereocenters. The lowest BCUT2D eigenvalue weighted by atomic mass is 10.0. The standard InChI is InChI=1S/C20H23F2N3/c1-15-4-3-5-18(12-15)25-11-7-17-13-16(14-24-19(17)25)6-8-20(21,22)9-10-23-2/h3-5,7,11-14,23H,6,8-10H2,1-2H3. The molecule has 0 spiro atoms. The molecule has 0 radical (unpaired) electrons. The molecule has 0 aliphatic carbocycles. The van der Waals surface area contributed by atoms with Crippen molar-refractivity contribution in [2.24, 2.45) is 0 Å². The third-order valence-corrected chi connectivity index (χ3v) is 4.38.